The second-order valence-electron chi connectivity index (χ2n) is 6.66. The first kappa shape index (κ1) is 17.5. The zero-order valence-corrected chi connectivity index (χ0v) is 15.8. The Morgan fingerprint density at radius 1 is 1.29 bits per heavy atom. The van der Waals surface area contributed by atoms with Gasteiger partial charge in [0, 0.05) is 21.4 Å². The van der Waals surface area contributed by atoms with Crippen LogP contribution in [0, 0.1) is 0 Å². The Bertz CT molecular complexity index is 856. The third-order valence-corrected chi connectivity index (χ3v) is 5.47. The molecule has 0 saturated carbocycles. The van der Waals surface area contributed by atoms with Crippen molar-refractivity contribution in [2.24, 2.45) is 0 Å². The molecule has 1 aliphatic heterocycles. The highest BCUT2D eigenvalue weighted by Gasteiger charge is 2.31. The Morgan fingerprint density at radius 3 is 2.62 bits per heavy atom. The van der Waals surface area contributed by atoms with Crippen LogP contribution in [0.4, 0.5) is 5.82 Å². The molecule has 24 heavy (non-hydrogen) atoms. The SMILES string of the molecule is CC(C)(C)n1nc2c(c1NC(=O)c1ccc(Cl)cc1Cl)C[S@](=O)C2. The molecule has 0 spiro atoms. The summed E-state index contributed by atoms with van der Waals surface area (Å²) in [6.07, 6.45) is 0. The number of nitrogens with zero attached hydrogens (tertiary/aromatic N) is 2. The van der Waals surface area contributed by atoms with Gasteiger partial charge in [0.15, 0.2) is 0 Å². The van der Waals surface area contributed by atoms with Crippen molar-refractivity contribution in [1.29, 1.82) is 0 Å². The van der Waals surface area contributed by atoms with E-state index >= 15 is 0 Å². The van der Waals surface area contributed by atoms with Crippen molar-refractivity contribution in [2.75, 3.05) is 5.32 Å². The molecule has 0 bridgehead atoms. The Hall–Kier alpha value is -1.37. The van der Waals surface area contributed by atoms with Gasteiger partial charge in [-0.2, -0.15) is 5.10 Å². The van der Waals surface area contributed by atoms with Crippen LogP contribution in [0.25, 0.3) is 0 Å². The molecule has 1 atom stereocenters. The zero-order chi connectivity index (χ0) is 17.6. The van der Waals surface area contributed by atoms with Crippen LogP contribution in [0.15, 0.2) is 18.2 Å². The number of benzene rings is 1. The molecule has 0 radical (unpaired) electrons. The van der Waals surface area contributed by atoms with E-state index in [0.29, 0.717) is 27.9 Å². The van der Waals surface area contributed by atoms with Gasteiger partial charge in [-0.3, -0.25) is 9.00 Å². The summed E-state index contributed by atoms with van der Waals surface area (Å²) in [6, 6.07) is 4.72. The van der Waals surface area contributed by atoms with E-state index in [-0.39, 0.29) is 16.5 Å². The van der Waals surface area contributed by atoms with Gasteiger partial charge >= 0.3 is 0 Å². The summed E-state index contributed by atoms with van der Waals surface area (Å²) in [7, 11) is -0.971. The molecule has 5 nitrogen and oxygen atoms in total. The highest BCUT2D eigenvalue weighted by atomic mass is 35.5. The van der Waals surface area contributed by atoms with Crippen LogP contribution >= 0.6 is 23.2 Å². The van der Waals surface area contributed by atoms with E-state index in [4.69, 9.17) is 23.2 Å². The number of halogens is 2. The third-order valence-electron chi connectivity index (χ3n) is 3.71. The lowest BCUT2D eigenvalue weighted by Gasteiger charge is -2.23. The van der Waals surface area contributed by atoms with Crippen LogP contribution in [0.5, 0.6) is 0 Å². The van der Waals surface area contributed by atoms with Gasteiger partial charge in [0.05, 0.1) is 33.3 Å². The smallest absolute Gasteiger partial charge is 0.258 e. The monoisotopic (exact) mass is 385 g/mol. The van der Waals surface area contributed by atoms with Gasteiger partial charge in [-0.1, -0.05) is 23.2 Å². The first-order chi connectivity index (χ1) is 11.2. The number of carbonyl (C=O) groups is 1. The summed E-state index contributed by atoms with van der Waals surface area (Å²) >= 11 is 12.0. The van der Waals surface area contributed by atoms with Gasteiger partial charge in [0.1, 0.15) is 5.82 Å². The Labute approximate surface area is 152 Å². The van der Waals surface area contributed by atoms with E-state index in [0.717, 1.165) is 11.3 Å². The van der Waals surface area contributed by atoms with E-state index in [9.17, 15) is 9.00 Å². The summed E-state index contributed by atoms with van der Waals surface area (Å²) in [6.45, 7) is 5.99. The fraction of sp³-hybridized carbons (Fsp3) is 0.375. The Balaban J connectivity index is 2.00. The van der Waals surface area contributed by atoms with Crippen LogP contribution in [0.1, 0.15) is 42.4 Å². The fourth-order valence-corrected chi connectivity index (χ4v) is 4.35. The molecule has 0 unspecified atom stereocenters. The number of fused-ring (bicyclic) bond motifs is 1. The number of nitrogens with one attached hydrogen (secondary N) is 1. The minimum atomic E-state index is -0.971. The molecular formula is C16H17Cl2N3O2S. The number of aromatic nitrogens is 2. The van der Waals surface area contributed by atoms with Crippen molar-refractivity contribution < 1.29 is 9.00 Å². The van der Waals surface area contributed by atoms with E-state index < -0.39 is 10.8 Å². The fourth-order valence-electron chi connectivity index (χ4n) is 2.59. The third kappa shape index (κ3) is 3.23. The molecule has 2 heterocycles. The molecule has 1 aromatic carbocycles. The highest BCUT2D eigenvalue weighted by molar-refractivity contribution is 7.83. The molecular weight excluding hydrogens is 369 g/mol. The van der Waals surface area contributed by atoms with Crippen LogP contribution in [0.3, 0.4) is 0 Å². The molecule has 2 aromatic rings. The predicted octanol–water partition coefficient (Wildman–Crippen LogP) is 3.96. The van der Waals surface area contributed by atoms with Crippen molar-refractivity contribution >= 4 is 45.7 Å². The van der Waals surface area contributed by atoms with Crippen molar-refractivity contribution in [3.05, 3.63) is 45.1 Å². The first-order valence-electron chi connectivity index (χ1n) is 7.39. The normalized spacial score (nSPS) is 17.0. The van der Waals surface area contributed by atoms with Gasteiger partial charge in [-0.25, -0.2) is 4.68 Å². The van der Waals surface area contributed by atoms with Gasteiger partial charge in [-0.15, -0.1) is 0 Å². The summed E-state index contributed by atoms with van der Waals surface area (Å²) in [4.78, 5) is 12.6. The minimum absolute atomic E-state index is 0.280. The van der Waals surface area contributed by atoms with Gasteiger partial charge in [-0.05, 0) is 39.0 Å². The molecule has 1 aliphatic rings. The molecule has 0 saturated heterocycles. The average molecular weight is 386 g/mol. The van der Waals surface area contributed by atoms with Crippen molar-refractivity contribution in [3.63, 3.8) is 0 Å². The maximum absolute atomic E-state index is 12.6. The average Bonchev–Trinajstić information content (AvgIpc) is 2.96. The number of hydrogen-bond acceptors (Lipinski definition) is 3. The molecule has 128 valence electrons. The second kappa shape index (κ2) is 6.17. The molecule has 1 amide bonds. The standard InChI is InChI=1S/C16H17Cl2N3O2S/c1-16(2,3)21-14(11-7-24(23)8-13(11)20-21)19-15(22)10-5-4-9(17)6-12(10)18/h4-6H,7-8H2,1-3H3,(H,19,22)/t24-/m0/s1. The first-order valence-corrected chi connectivity index (χ1v) is 9.64. The van der Waals surface area contributed by atoms with Crippen molar-refractivity contribution in [1.82, 2.24) is 9.78 Å². The quantitative estimate of drug-likeness (QED) is 0.850. The molecule has 1 N–H and O–H groups in total. The summed E-state index contributed by atoms with van der Waals surface area (Å²) in [5.74, 6) is 1.06. The Morgan fingerprint density at radius 2 is 2.00 bits per heavy atom. The molecule has 0 fully saturated rings. The lowest BCUT2D eigenvalue weighted by molar-refractivity contribution is 0.102. The summed E-state index contributed by atoms with van der Waals surface area (Å²) in [5, 5.41) is 8.19. The van der Waals surface area contributed by atoms with E-state index in [2.05, 4.69) is 10.4 Å². The van der Waals surface area contributed by atoms with E-state index in [1.807, 2.05) is 20.8 Å². The molecule has 8 heteroatoms. The number of anilines is 1. The number of amides is 1. The summed E-state index contributed by atoms with van der Waals surface area (Å²) in [5.41, 5.74) is 1.62. The minimum Gasteiger partial charge on any atom is -0.306 e. The lowest BCUT2D eigenvalue weighted by Crippen LogP contribution is -2.27. The maximum Gasteiger partial charge on any atom is 0.258 e. The molecule has 1 aromatic heterocycles. The number of rotatable bonds is 2. The number of hydrogen-bond donors (Lipinski definition) is 1. The molecule has 0 aliphatic carbocycles. The van der Waals surface area contributed by atoms with E-state index in [1.165, 1.54) is 6.07 Å². The van der Waals surface area contributed by atoms with Crippen LogP contribution < -0.4 is 5.32 Å². The topological polar surface area (TPSA) is 64.0 Å². The zero-order valence-electron chi connectivity index (χ0n) is 13.5. The van der Waals surface area contributed by atoms with Crippen LogP contribution in [-0.4, -0.2) is 19.9 Å². The molecule has 3 rings (SSSR count). The van der Waals surface area contributed by atoms with Gasteiger partial charge in [0.25, 0.3) is 5.91 Å². The number of carbonyl (C=O) groups excluding carboxylic acids is 1. The van der Waals surface area contributed by atoms with Crippen LogP contribution in [0.2, 0.25) is 10.0 Å². The maximum atomic E-state index is 12.6. The summed E-state index contributed by atoms with van der Waals surface area (Å²) < 4.78 is 13.6. The Kier molecular flexibility index (Phi) is 4.49. The second-order valence-corrected chi connectivity index (χ2v) is 8.96. The van der Waals surface area contributed by atoms with Gasteiger partial charge < -0.3 is 5.32 Å². The van der Waals surface area contributed by atoms with E-state index in [1.54, 1.807) is 16.8 Å². The van der Waals surface area contributed by atoms with Crippen molar-refractivity contribution in [2.45, 2.75) is 37.8 Å². The largest absolute Gasteiger partial charge is 0.306 e. The lowest BCUT2D eigenvalue weighted by atomic mass is 10.1. The predicted molar refractivity (Wildman–Crippen MR) is 97.2 cm³/mol. The van der Waals surface area contributed by atoms with Gasteiger partial charge in [0.2, 0.25) is 0 Å². The highest BCUT2D eigenvalue weighted by Crippen LogP contribution is 2.33. The van der Waals surface area contributed by atoms with Crippen LogP contribution in [-0.2, 0) is 27.8 Å². The van der Waals surface area contributed by atoms with Crippen molar-refractivity contribution in [3.8, 4) is 0 Å².